The Kier molecular flexibility index (Phi) is 6.18. The van der Waals surface area contributed by atoms with Crippen molar-refractivity contribution in [2.75, 3.05) is 25.1 Å². The average molecular weight is 419 g/mol. The van der Waals surface area contributed by atoms with Crippen LogP contribution in [0, 0.1) is 17.7 Å². The fourth-order valence-corrected chi connectivity index (χ4v) is 3.37. The number of phenols is 1. The van der Waals surface area contributed by atoms with Gasteiger partial charge in [-0.25, -0.2) is 4.39 Å². The van der Waals surface area contributed by atoms with Crippen molar-refractivity contribution in [1.82, 2.24) is 10.2 Å². The Labute approximate surface area is 180 Å². The first-order chi connectivity index (χ1) is 15.1. The van der Waals surface area contributed by atoms with Crippen LogP contribution in [0.3, 0.4) is 0 Å². The lowest BCUT2D eigenvalue weighted by Crippen LogP contribution is -2.38. The highest BCUT2D eigenvalue weighted by Crippen LogP contribution is 2.26. The van der Waals surface area contributed by atoms with E-state index in [9.17, 15) is 9.50 Å². The highest BCUT2D eigenvalue weighted by Gasteiger charge is 2.22. The summed E-state index contributed by atoms with van der Waals surface area (Å²) in [5.74, 6) is 7.14. The van der Waals surface area contributed by atoms with Gasteiger partial charge in [-0.3, -0.25) is 0 Å². The van der Waals surface area contributed by atoms with Crippen molar-refractivity contribution in [3.63, 3.8) is 0 Å². The molecule has 0 aliphatic carbocycles. The Bertz CT molecular complexity index is 1100. The van der Waals surface area contributed by atoms with Crippen molar-refractivity contribution in [3.8, 4) is 29.1 Å². The van der Waals surface area contributed by atoms with E-state index in [0.29, 0.717) is 22.8 Å². The van der Waals surface area contributed by atoms with Crippen LogP contribution >= 0.6 is 0 Å². The van der Waals surface area contributed by atoms with Gasteiger partial charge < -0.3 is 19.5 Å². The smallest absolute Gasteiger partial charge is 0.165 e. The normalized spacial score (nSPS) is 13.9. The standard InChI is InChI=1S/C24H22FN3O3/c1-30-23-16-17(7-10-21(23)29)6-8-18-9-11-24(27-26-18)28-14-12-19(13-15-28)31-22-5-3-2-4-20(22)25/h2-5,7,9-11,16,19,29H,12-15H2,1H3. The first kappa shape index (κ1) is 20.5. The largest absolute Gasteiger partial charge is 0.504 e. The van der Waals surface area contributed by atoms with Gasteiger partial charge in [0.25, 0.3) is 0 Å². The van der Waals surface area contributed by atoms with Crippen LogP contribution in [-0.4, -0.2) is 41.6 Å². The van der Waals surface area contributed by atoms with E-state index in [1.165, 1.54) is 19.2 Å². The van der Waals surface area contributed by atoms with E-state index >= 15 is 0 Å². The van der Waals surface area contributed by atoms with E-state index < -0.39 is 0 Å². The van der Waals surface area contributed by atoms with E-state index in [1.54, 1.807) is 30.3 Å². The van der Waals surface area contributed by atoms with E-state index in [4.69, 9.17) is 9.47 Å². The van der Waals surface area contributed by atoms with Crippen LogP contribution in [0.1, 0.15) is 24.1 Å². The van der Waals surface area contributed by atoms with Crippen molar-refractivity contribution in [1.29, 1.82) is 0 Å². The fourth-order valence-electron chi connectivity index (χ4n) is 3.37. The monoisotopic (exact) mass is 419 g/mol. The summed E-state index contributed by atoms with van der Waals surface area (Å²) in [5.41, 5.74) is 1.26. The highest BCUT2D eigenvalue weighted by atomic mass is 19.1. The van der Waals surface area contributed by atoms with Crippen LogP contribution in [0.15, 0.2) is 54.6 Å². The summed E-state index contributed by atoms with van der Waals surface area (Å²) in [4.78, 5) is 2.14. The van der Waals surface area contributed by atoms with Gasteiger partial charge in [0.2, 0.25) is 0 Å². The number of nitrogens with zero attached hydrogens (tertiary/aromatic N) is 3. The molecule has 1 aromatic heterocycles. The molecular formula is C24H22FN3O3. The minimum atomic E-state index is -0.335. The molecule has 1 aliphatic rings. The van der Waals surface area contributed by atoms with Gasteiger partial charge in [0.05, 0.1) is 7.11 Å². The number of halogens is 1. The maximum absolute atomic E-state index is 13.8. The number of hydrogen-bond acceptors (Lipinski definition) is 6. The molecule has 4 rings (SSSR count). The number of aromatic hydroxyl groups is 1. The topological polar surface area (TPSA) is 67.7 Å². The molecule has 1 fully saturated rings. The molecule has 7 heteroatoms. The lowest BCUT2D eigenvalue weighted by Gasteiger charge is -2.32. The van der Waals surface area contributed by atoms with Gasteiger partial charge in [-0.05, 0) is 48.4 Å². The van der Waals surface area contributed by atoms with Crippen LogP contribution in [-0.2, 0) is 0 Å². The lowest BCUT2D eigenvalue weighted by molar-refractivity contribution is 0.163. The summed E-state index contributed by atoms with van der Waals surface area (Å²) in [7, 11) is 1.49. The number of para-hydroxylation sites is 1. The second-order valence-corrected chi connectivity index (χ2v) is 7.15. The number of benzene rings is 2. The van der Waals surface area contributed by atoms with Crippen molar-refractivity contribution in [3.05, 3.63) is 71.7 Å². The molecule has 0 bridgehead atoms. The van der Waals surface area contributed by atoms with E-state index in [-0.39, 0.29) is 17.7 Å². The summed E-state index contributed by atoms with van der Waals surface area (Å²) in [6.07, 6.45) is 1.54. The number of phenolic OH excluding ortho intramolecular Hbond substituents is 1. The van der Waals surface area contributed by atoms with Crippen LogP contribution in [0.5, 0.6) is 17.2 Å². The highest BCUT2D eigenvalue weighted by molar-refractivity contribution is 5.49. The molecule has 0 atom stereocenters. The maximum Gasteiger partial charge on any atom is 0.165 e. The zero-order chi connectivity index (χ0) is 21.6. The van der Waals surface area contributed by atoms with Gasteiger partial charge >= 0.3 is 0 Å². The molecule has 31 heavy (non-hydrogen) atoms. The van der Waals surface area contributed by atoms with Gasteiger partial charge in [-0.2, -0.15) is 0 Å². The van der Waals surface area contributed by atoms with Crippen LogP contribution in [0.4, 0.5) is 10.2 Å². The molecule has 3 aromatic rings. The molecule has 1 N–H and O–H groups in total. The minimum Gasteiger partial charge on any atom is -0.504 e. The maximum atomic E-state index is 13.8. The van der Waals surface area contributed by atoms with Crippen LogP contribution in [0.25, 0.3) is 0 Å². The summed E-state index contributed by atoms with van der Waals surface area (Å²) in [5, 5.41) is 18.1. The molecule has 1 aliphatic heterocycles. The predicted octanol–water partition coefficient (Wildman–Crippen LogP) is 3.78. The van der Waals surface area contributed by atoms with Crippen molar-refractivity contribution in [2.24, 2.45) is 0 Å². The van der Waals surface area contributed by atoms with Crippen molar-refractivity contribution < 1.29 is 19.0 Å². The summed E-state index contributed by atoms with van der Waals surface area (Å²) in [6, 6.07) is 15.1. The SMILES string of the molecule is COc1cc(C#Cc2ccc(N3CCC(Oc4ccccc4F)CC3)nn2)ccc1O. The molecule has 0 amide bonds. The first-order valence-corrected chi connectivity index (χ1v) is 10.0. The fraction of sp³-hybridized carbons (Fsp3) is 0.250. The van der Waals surface area contributed by atoms with Gasteiger partial charge in [-0.15, -0.1) is 10.2 Å². The summed E-state index contributed by atoms with van der Waals surface area (Å²) >= 11 is 0. The molecule has 0 unspecified atom stereocenters. The molecular weight excluding hydrogens is 397 g/mol. The Morgan fingerprint density at radius 1 is 1.00 bits per heavy atom. The molecule has 158 valence electrons. The molecule has 1 saturated heterocycles. The van der Waals surface area contributed by atoms with E-state index in [1.807, 2.05) is 12.1 Å². The van der Waals surface area contributed by atoms with E-state index in [2.05, 4.69) is 26.9 Å². The third kappa shape index (κ3) is 5.04. The van der Waals surface area contributed by atoms with Crippen LogP contribution < -0.4 is 14.4 Å². The number of anilines is 1. The third-order valence-corrected chi connectivity index (χ3v) is 5.06. The molecule has 6 nitrogen and oxygen atoms in total. The average Bonchev–Trinajstić information content (AvgIpc) is 2.81. The minimum absolute atomic E-state index is 0.0199. The lowest BCUT2D eigenvalue weighted by atomic mass is 10.1. The Morgan fingerprint density at radius 3 is 2.52 bits per heavy atom. The number of rotatable bonds is 4. The van der Waals surface area contributed by atoms with Crippen LogP contribution in [0.2, 0.25) is 0 Å². The second kappa shape index (κ2) is 9.35. The van der Waals surface area contributed by atoms with Gasteiger partial charge in [-0.1, -0.05) is 18.1 Å². The third-order valence-electron chi connectivity index (χ3n) is 5.06. The number of methoxy groups -OCH3 is 1. The summed E-state index contributed by atoms with van der Waals surface area (Å²) in [6.45, 7) is 1.51. The molecule has 0 saturated carbocycles. The van der Waals surface area contributed by atoms with Gasteiger partial charge in [0.15, 0.2) is 28.9 Å². The quantitative estimate of drug-likeness (QED) is 0.650. The zero-order valence-corrected chi connectivity index (χ0v) is 17.1. The van der Waals surface area contributed by atoms with E-state index in [0.717, 1.165) is 31.7 Å². The Morgan fingerprint density at radius 2 is 1.81 bits per heavy atom. The summed E-state index contributed by atoms with van der Waals surface area (Å²) < 4.78 is 24.7. The molecule has 0 spiro atoms. The number of ether oxygens (including phenoxy) is 2. The Balaban J connectivity index is 1.35. The number of piperidine rings is 1. The predicted molar refractivity (Wildman–Crippen MR) is 115 cm³/mol. The van der Waals surface area contributed by atoms with Crippen molar-refractivity contribution >= 4 is 5.82 Å². The van der Waals surface area contributed by atoms with Gasteiger partial charge in [0.1, 0.15) is 11.8 Å². The molecule has 2 heterocycles. The molecule has 2 aromatic carbocycles. The zero-order valence-electron chi connectivity index (χ0n) is 17.1. The molecule has 0 radical (unpaired) electrons. The Hall–Kier alpha value is -3.79. The van der Waals surface area contributed by atoms with Gasteiger partial charge in [0, 0.05) is 31.5 Å². The van der Waals surface area contributed by atoms with Crippen molar-refractivity contribution in [2.45, 2.75) is 18.9 Å². The number of hydrogen-bond donors (Lipinski definition) is 1. The number of aromatic nitrogens is 2. The second-order valence-electron chi connectivity index (χ2n) is 7.15. The first-order valence-electron chi connectivity index (χ1n) is 10.0.